The van der Waals surface area contributed by atoms with Crippen LogP contribution in [-0.2, 0) is 6.54 Å². The van der Waals surface area contributed by atoms with Crippen LogP contribution in [0.15, 0.2) is 10.5 Å². The molecule has 4 heteroatoms. The second kappa shape index (κ2) is 4.37. The van der Waals surface area contributed by atoms with Gasteiger partial charge in [-0.2, -0.15) is 0 Å². The maximum Gasteiger partial charge on any atom is 0.198 e. The summed E-state index contributed by atoms with van der Waals surface area (Å²) in [6.45, 7) is 4.48. The third-order valence-electron chi connectivity index (χ3n) is 2.70. The number of carbonyl (C=O) groups is 1. The van der Waals surface area contributed by atoms with Crippen molar-refractivity contribution in [2.75, 3.05) is 13.1 Å². The summed E-state index contributed by atoms with van der Waals surface area (Å²) in [5.41, 5.74) is 0.920. The molecule has 0 aromatic carbocycles. The summed E-state index contributed by atoms with van der Waals surface area (Å²) >= 11 is 5.92. The highest BCUT2D eigenvalue weighted by Gasteiger charge is 2.17. The number of furan rings is 1. The predicted octanol–water partition coefficient (Wildman–Crippen LogP) is 2.73. The Morgan fingerprint density at radius 2 is 2.20 bits per heavy atom. The molecule has 1 saturated heterocycles. The molecule has 0 amide bonds. The van der Waals surface area contributed by atoms with Gasteiger partial charge in [-0.05, 0) is 43.6 Å². The van der Waals surface area contributed by atoms with Gasteiger partial charge in [0.2, 0.25) is 0 Å². The van der Waals surface area contributed by atoms with E-state index in [2.05, 4.69) is 4.90 Å². The second-order valence-electron chi connectivity index (χ2n) is 3.95. The van der Waals surface area contributed by atoms with Crippen LogP contribution in [0.25, 0.3) is 0 Å². The quantitative estimate of drug-likeness (QED) is 0.745. The van der Waals surface area contributed by atoms with Crippen molar-refractivity contribution in [1.82, 2.24) is 4.90 Å². The number of carbonyl (C=O) groups excluding carboxylic acids is 1. The first-order valence-corrected chi connectivity index (χ1v) is 5.56. The highest BCUT2D eigenvalue weighted by Crippen LogP contribution is 2.24. The van der Waals surface area contributed by atoms with Crippen molar-refractivity contribution in [1.29, 1.82) is 0 Å². The van der Waals surface area contributed by atoms with Gasteiger partial charge in [0.25, 0.3) is 0 Å². The van der Waals surface area contributed by atoms with Crippen LogP contribution < -0.4 is 0 Å². The second-order valence-corrected chi connectivity index (χ2v) is 4.29. The zero-order chi connectivity index (χ0) is 10.8. The Labute approximate surface area is 94.0 Å². The third kappa shape index (κ3) is 2.41. The van der Waals surface area contributed by atoms with Crippen LogP contribution in [0.4, 0.5) is 0 Å². The molecule has 0 aliphatic carbocycles. The Hall–Kier alpha value is -0.800. The fourth-order valence-electron chi connectivity index (χ4n) is 1.87. The number of halogens is 1. The van der Waals surface area contributed by atoms with Gasteiger partial charge in [-0.25, -0.2) is 0 Å². The van der Waals surface area contributed by atoms with Crippen LogP contribution in [0.2, 0.25) is 5.22 Å². The summed E-state index contributed by atoms with van der Waals surface area (Å²) in [6, 6.07) is 1.75. The molecule has 0 spiro atoms. The molecule has 1 aliphatic rings. The number of ketones is 1. The maximum absolute atomic E-state index is 11.1. The van der Waals surface area contributed by atoms with Gasteiger partial charge in [0.1, 0.15) is 0 Å². The molecule has 0 saturated carbocycles. The number of likely N-dealkylation sites (tertiary alicyclic amines) is 1. The molecule has 3 nitrogen and oxygen atoms in total. The van der Waals surface area contributed by atoms with E-state index < -0.39 is 0 Å². The van der Waals surface area contributed by atoms with Gasteiger partial charge >= 0.3 is 0 Å². The zero-order valence-electron chi connectivity index (χ0n) is 8.75. The molecular weight excluding hydrogens is 214 g/mol. The molecule has 1 aliphatic heterocycles. The Kier molecular flexibility index (Phi) is 3.12. The standard InChI is InChI=1S/C11H14ClNO2/c1-8(14)10-6-9(11(12)15-10)7-13-4-2-3-5-13/h6H,2-5,7H2,1H3. The number of nitrogens with zero attached hydrogens (tertiary/aromatic N) is 1. The third-order valence-corrected chi connectivity index (χ3v) is 3.02. The van der Waals surface area contributed by atoms with Crippen LogP contribution in [0.3, 0.4) is 0 Å². The van der Waals surface area contributed by atoms with E-state index in [9.17, 15) is 4.79 Å². The molecule has 2 rings (SSSR count). The number of hydrogen-bond acceptors (Lipinski definition) is 3. The lowest BCUT2D eigenvalue weighted by Gasteiger charge is -2.12. The van der Waals surface area contributed by atoms with Gasteiger partial charge in [-0.3, -0.25) is 9.69 Å². The van der Waals surface area contributed by atoms with Crippen molar-refractivity contribution in [2.45, 2.75) is 26.3 Å². The molecule has 0 bridgehead atoms. The number of rotatable bonds is 3. The molecule has 82 valence electrons. The largest absolute Gasteiger partial charge is 0.441 e. The highest BCUT2D eigenvalue weighted by molar-refractivity contribution is 6.29. The van der Waals surface area contributed by atoms with E-state index in [0.717, 1.165) is 25.2 Å². The average Bonchev–Trinajstić information content (AvgIpc) is 2.77. The molecule has 1 fully saturated rings. The molecule has 0 radical (unpaired) electrons. The first-order valence-electron chi connectivity index (χ1n) is 5.18. The van der Waals surface area contributed by atoms with Crippen LogP contribution in [0.5, 0.6) is 0 Å². The van der Waals surface area contributed by atoms with E-state index in [1.807, 2.05) is 0 Å². The molecule has 15 heavy (non-hydrogen) atoms. The monoisotopic (exact) mass is 227 g/mol. The smallest absolute Gasteiger partial charge is 0.198 e. The molecule has 0 N–H and O–H groups in total. The first kappa shape index (κ1) is 10.7. The van der Waals surface area contributed by atoms with Crippen molar-refractivity contribution in [3.8, 4) is 0 Å². The summed E-state index contributed by atoms with van der Waals surface area (Å²) in [5, 5.41) is 0.354. The topological polar surface area (TPSA) is 33.5 Å². The molecule has 0 atom stereocenters. The van der Waals surface area contributed by atoms with E-state index in [0.29, 0.717) is 11.0 Å². The lowest BCUT2D eigenvalue weighted by Crippen LogP contribution is -2.18. The van der Waals surface area contributed by atoms with Crippen molar-refractivity contribution in [3.63, 3.8) is 0 Å². The fourth-order valence-corrected chi connectivity index (χ4v) is 2.07. The van der Waals surface area contributed by atoms with Crippen molar-refractivity contribution in [3.05, 3.63) is 22.6 Å². The van der Waals surface area contributed by atoms with Gasteiger partial charge in [0.15, 0.2) is 16.8 Å². The first-order chi connectivity index (χ1) is 7.16. The van der Waals surface area contributed by atoms with Crippen LogP contribution in [-0.4, -0.2) is 23.8 Å². The minimum Gasteiger partial charge on any atom is -0.441 e. The van der Waals surface area contributed by atoms with Gasteiger partial charge in [0, 0.05) is 19.0 Å². The number of hydrogen-bond donors (Lipinski definition) is 0. The minimum atomic E-state index is -0.0791. The van der Waals surface area contributed by atoms with Gasteiger partial charge in [-0.15, -0.1) is 0 Å². The summed E-state index contributed by atoms with van der Waals surface area (Å²) in [5.74, 6) is 0.277. The SMILES string of the molecule is CC(=O)c1cc(CN2CCCC2)c(Cl)o1. The lowest BCUT2D eigenvalue weighted by atomic mass is 10.2. The normalized spacial score (nSPS) is 17.2. The average molecular weight is 228 g/mol. The van der Waals surface area contributed by atoms with Crippen molar-refractivity contribution in [2.24, 2.45) is 0 Å². The predicted molar refractivity (Wildman–Crippen MR) is 58.2 cm³/mol. The van der Waals surface area contributed by atoms with E-state index in [1.54, 1.807) is 6.07 Å². The Balaban J connectivity index is 2.10. The van der Waals surface area contributed by atoms with Gasteiger partial charge < -0.3 is 4.42 Å². The molecule has 0 unspecified atom stereocenters. The lowest BCUT2D eigenvalue weighted by molar-refractivity contribution is 0.0987. The minimum absolute atomic E-state index is 0.0791. The van der Waals surface area contributed by atoms with Crippen molar-refractivity contribution >= 4 is 17.4 Å². The van der Waals surface area contributed by atoms with Crippen molar-refractivity contribution < 1.29 is 9.21 Å². The van der Waals surface area contributed by atoms with Gasteiger partial charge in [0.05, 0.1) is 0 Å². The fraction of sp³-hybridized carbons (Fsp3) is 0.545. The van der Waals surface area contributed by atoms with Crippen LogP contribution in [0.1, 0.15) is 35.9 Å². The Morgan fingerprint density at radius 1 is 1.53 bits per heavy atom. The maximum atomic E-state index is 11.1. The Morgan fingerprint density at radius 3 is 2.73 bits per heavy atom. The summed E-state index contributed by atoms with van der Waals surface area (Å²) < 4.78 is 5.18. The van der Waals surface area contributed by atoms with E-state index >= 15 is 0 Å². The van der Waals surface area contributed by atoms with E-state index in [-0.39, 0.29) is 5.78 Å². The molecule has 2 heterocycles. The Bertz CT molecular complexity index is 367. The molecule has 1 aromatic heterocycles. The van der Waals surface area contributed by atoms with E-state index in [4.69, 9.17) is 16.0 Å². The molecule has 1 aromatic rings. The highest BCUT2D eigenvalue weighted by atomic mass is 35.5. The summed E-state index contributed by atoms with van der Waals surface area (Å²) in [6.07, 6.45) is 2.49. The van der Waals surface area contributed by atoms with Crippen LogP contribution in [0, 0.1) is 0 Å². The zero-order valence-corrected chi connectivity index (χ0v) is 9.51. The summed E-state index contributed by atoms with van der Waals surface area (Å²) in [4.78, 5) is 13.4. The van der Waals surface area contributed by atoms with Crippen LogP contribution >= 0.6 is 11.6 Å². The summed E-state index contributed by atoms with van der Waals surface area (Å²) in [7, 11) is 0. The van der Waals surface area contributed by atoms with Gasteiger partial charge in [-0.1, -0.05) is 0 Å². The van der Waals surface area contributed by atoms with E-state index in [1.165, 1.54) is 19.8 Å². The number of Topliss-reactive ketones (excluding diaryl/α,β-unsaturated/α-hetero) is 1. The molecular formula is C11H14ClNO2.